The van der Waals surface area contributed by atoms with Gasteiger partial charge in [-0.25, -0.2) is 9.18 Å². The van der Waals surface area contributed by atoms with Crippen molar-refractivity contribution in [2.75, 3.05) is 0 Å². The van der Waals surface area contributed by atoms with Crippen LogP contribution in [-0.4, -0.2) is 20.9 Å². The van der Waals surface area contributed by atoms with Crippen LogP contribution >= 0.6 is 23.2 Å². The van der Waals surface area contributed by atoms with Crippen LogP contribution in [0.15, 0.2) is 42.5 Å². The molecule has 0 bridgehead atoms. The molecule has 3 aromatic rings. The Kier molecular flexibility index (Phi) is 5.06. The predicted octanol–water partition coefficient (Wildman–Crippen LogP) is 4.96. The number of benzene rings is 2. The van der Waals surface area contributed by atoms with Crippen molar-refractivity contribution in [2.45, 2.75) is 13.2 Å². The molecule has 1 aromatic heterocycles. The number of halogens is 3. The van der Waals surface area contributed by atoms with E-state index in [1.165, 1.54) is 6.08 Å². The number of aliphatic carboxylic acids is 1. The van der Waals surface area contributed by atoms with E-state index in [2.05, 4.69) is 5.10 Å². The van der Waals surface area contributed by atoms with Crippen molar-refractivity contribution < 1.29 is 14.3 Å². The van der Waals surface area contributed by atoms with Crippen LogP contribution in [-0.2, 0) is 18.0 Å². The van der Waals surface area contributed by atoms with Crippen LogP contribution in [0.1, 0.15) is 16.8 Å². The monoisotopic (exact) mass is 378 g/mol. The number of hydrogen-bond acceptors (Lipinski definition) is 2. The highest BCUT2D eigenvalue weighted by Crippen LogP contribution is 2.26. The molecule has 25 heavy (non-hydrogen) atoms. The Morgan fingerprint density at radius 3 is 2.72 bits per heavy atom. The molecule has 4 nitrogen and oxygen atoms in total. The van der Waals surface area contributed by atoms with Crippen molar-refractivity contribution >= 4 is 46.2 Å². The minimum absolute atomic E-state index is 0.350. The van der Waals surface area contributed by atoms with E-state index in [1.54, 1.807) is 41.1 Å². The molecule has 0 fully saturated rings. The molecule has 128 valence electrons. The van der Waals surface area contributed by atoms with Gasteiger partial charge in [-0.05, 0) is 35.4 Å². The number of aromatic nitrogens is 2. The molecule has 0 radical (unpaired) electrons. The molecule has 3 rings (SSSR count). The van der Waals surface area contributed by atoms with Crippen LogP contribution in [0.3, 0.4) is 0 Å². The Hall–Kier alpha value is -2.37. The molecule has 0 aliphatic carbocycles. The van der Waals surface area contributed by atoms with E-state index in [0.29, 0.717) is 33.4 Å². The van der Waals surface area contributed by atoms with Crippen LogP contribution in [0.5, 0.6) is 0 Å². The van der Waals surface area contributed by atoms with E-state index >= 15 is 0 Å². The van der Waals surface area contributed by atoms with Crippen molar-refractivity contribution in [3.63, 3.8) is 0 Å². The first-order chi connectivity index (χ1) is 12.0. The highest BCUT2D eigenvalue weighted by Gasteiger charge is 2.12. The lowest BCUT2D eigenvalue weighted by Crippen LogP contribution is -2.02. The number of carboxylic acids is 1. The van der Waals surface area contributed by atoms with Crippen molar-refractivity contribution in [1.82, 2.24) is 9.78 Å². The summed E-state index contributed by atoms with van der Waals surface area (Å²) in [7, 11) is 0. The Bertz CT molecular complexity index is 983. The molecule has 2 aromatic carbocycles. The van der Waals surface area contributed by atoms with Crippen LogP contribution in [0.4, 0.5) is 4.39 Å². The maximum absolute atomic E-state index is 13.0. The average molecular weight is 379 g/mol. The fourth-order valence-corrected chi connectivity index (χ4v) is 3.00. The average Bonchev–Trinajstić information content (AvgIpc) is 2.92. The van der Waals surface area contributed by atoms with Gasteiger partial charge in [0.25, 0.3) is 0 Å². The first kappa shape index (κ1) is 17.5. The molecule has 0 atom stereocenters. The number of nitrogens with zero attached hydrogens (tertiary/aromatic N) is 2. The summed E-state index contributed by atoms with van der Waals surface area (Å²) in [5.41, 5.74) is 2.51. The lowest BCUT2D eigenvalue weighted by Gasteiger charge is -2.07. The number of rotatable bonds is 5. The molecule has 0 saturated carbocycles. The van der Waals surface area contributed by atoms with Gasteiger partial charge in [0.15, 0.2) is 0 Å². The first-order valence-corrected chi connectivity index (χ1v) is 8.14. The minimum Gasteiger partial charge on any atom is -0.478 e. The Morgan fingerprint density at radius 2 is 2.04 bits per heavy atom. The summed E-state index contributed by atoms with van der Waals surface area (Å²) in [5.74, 6) is -1.07. The summed E-state index contributed by atoms with van der Waals surface area (Å²) in [5, 5.41) is 15.0. The topological polar surface area (TPSA) is 55.1 Å². The lowest BCUT2D eigenvalue weighted by atomic mass is 10.1. The number of alkyl halides is 1. The summed E-state index contributed by atoms with van der Waals surface area (Å²) in [6, 6.07) is 10.3. The van der Waals surface area contributed by atoms with Gasteiger partial charge in [-0.3, -0.25) is 4.68 Å². The normalized spacial score (nSPS) is 11.5. The summed E-state index contributed by atoms with van der Waals surface area (Å²) in [6.45, 7) is -0.244. The molecular weight excluding hydrogens is 366 g/mol. The largest absolute Gasteiger partial charge is 0.478 e. The van der Waals surface area contributed by atoms with Gasteiger partial charge in [-0.1, -0.05) is 41.4 Å². The van der Waals surface area contributed by atoms with E-state index in [9.17, 15) is 9.18 Å². The van der Waals surface area contributed by atoms with Gasteiger partial charge in [0, 0.05) is 21.5 Å². The zero-order valence-electron chi connectivity index (χ0n) is 12.9. The zero-order valence-corrected chi connectivity index (χ0v) is 14.4. The lowest BCUT2D eigenvalue weighted by molar-refractivity contribution is -0.131. The number of fused-ring (bicyclic) bond motifs is 1. The summed E-state index contributed by atoms with van der Waals surface area (Å²) >= 11 is 12.1. The van der Waals surface area contributed by atoms with Gasteiger partial charge in [0.2, 0.25) is 0 Å². The second-order valence-corrected chi connectivity index (χ2v) is 6.28. The number of hydrogen-bond donors (Lipinski definition) is 1. The van der Waals surface area contributed by atoms with Gasteiger partial charge in [0.1, 0.15) is 6.67 Å². The van der Waals surface area contributed by atoms with Crippen molar-refractivity contribution in [3.8, 4) is 0 Å². The molecule has 0 saturated heterocycles. The van der Waals surface area contributed by atoms with Crippen molar-refractivity contribution in [2.24, 2.45) is 0 Å². The van der Waals surface area contributed by atoms with E-state index in [1.807, 2.05) is 0 Å². The van der Waals surface area contributed by atoms with Crippen LogP contribution < -0.4 is 0 Å². The Labute approximate surface area is 153 Å². The third kappa shape index (κ3) is 3.83. The molecule has 0 unspecified atom stereocenters. The smallest absolute Gasteiger partial charge is 0.328 e. The zero-order chi connectivity index (χ0) is 18.0. The summed E-state index contributed by atoms with van der Waals surface area (Å²) in [6.07, 6.45) is 2.43. The fourth-order valence-electron chi connectivity index (χ4n) is 2.53. The highest BCUT2D eigenvalue weighted by molar-refractivity contribution is 6.35. The van der Waals surface area contributed by atoms with Gasteiger partial charge in [-0.2, -0.15) is 5.10 Å². The second kappa shape index (κ2) is 7.25. The predicted molar refractivity (Wildman–Crippen MR) is 96.8 cm³/mol. The Balaban J connectivity index is 2.10. The van der Waals surface area contributed by atoms with Crippen LogP contribution in [0.2, 0.25) is 10.0 Å². The van der Waals surface area contributed by atoms with Gasteiger partial charge in [-0.15, -0.1) is 0 Å². The van der Waals surface area contributed by atoms with Crippen LogP contribution in [0.25, 0.3) is 17.0 Å². The van der Waals surface area contributed by atoms with E-state index in [-0.39, 0.29) is 0 Å². The van der Waals surface area contributed by atoms with E-state index < -0.39 is 12.6 Å². The number of carbonyl (C=O) groups is 1. The van der Waals surface area contributed by atoms with Gasteiger partial charge < -0.3 is 5.11 Å². The maximum Gasteiger partial charge on any atom is 0.328 e. The second-order valence-electron chi connectivity index (χ2n) is 5.44. The molecule has 1 heterocycles. The summed E-state index contributed by atoms with van der Waals surface area (Å²) < 4.78 is 14.7. The standard InChI is InChI=1S/C18H13Cl2FN2O2/c19-13-3-2-12(15(20)8-13)10-23-17-7-11(9-21)1-4-14(17)16(22-23)5-6-18(24)25/h1-8H,9-10H2,(H,24,25)/b6-5+. The Morgan fingerprint density at radius 1 is 1.24 bits per heavy atom. The first-order valence-electron chi connectivity index (χ1n) is 7.38. The molecule has 0 spiro atoms. The van der Waals surface area contributed by atoms with Gasteiger partial charge >= 0.3 is 5.97 Å². The highest BCUT2D eigenvalue weighted by atomic mass is 35.5. The third-order valence-corrected chi connectivity index (χ3v) is 4.30. The molecular formula is C18H13Cl2FN2O2. The van der Waals surface area contributed by atoms with E-state index in [4.69, 9.17) is 28.3 Å². The van der Waals surface area contributed by atoms with E-state index in [0.717, 1.165) is 17.0 Å². The number of carboxylic acid groups (broad SMARTS) is 1. The summed E-state index contributed by atoms with van der Waals surface area (Å²) in [4.78, 5) is 10.8. The quantitative estimate of drug-likeness (QED) is 0.638. The third-order valence-electron chi connectivity index (χ3n) is 3.72. The minimum atomic E-state index is -1.07. The molecule has 7 heteroatoms. The maximum atomic E-state index is 13.0. The van der Waals surface area contributed by atoms with Crippen molar-refractivity contribution in [3.05, 3.63) is 69.3 Å². The van der Waals surface area contributed by atoms with Gasteiger partial charge in [0.05, 0.1) is 17.8 Å². The molecule has 0 aliphatic heterocycles. The molecule has 0 amide bonds. The molecule has 0 aliphatic rings. The van der Waals surface area contributed by atoms with Crippen molar-refractivity contribution in [1.29, 1.82) is 0 Å². The van der Waals surface area contributed by atoms with Crippen LogP contribution in [0, 0.1) is 0 Å². The fraction of sp³-hybridized carbons (Fsp3) is 0.111. The molecule has 1 N–H and O–H groups in total. The SMILES string of the molecule is O=C(O)/C=C/c1nn(Cc2ccc(Cl)cc2Cl)c2cc(CF)ccc12.